The number of carbonyl (C=O) groups is 1. The molecule has 1 aromatic carbocycles. The second-order valence-electron chi connectivity index (χ2n) is 4.65. The minimum atomic E-state index is -0.574. The van der Waals surface area contributed by atoms with Crippen LogP contribution in [0.5, 0.6) is 0 Å². The van der Waals surface area contributed by atoms with Crippen molar-refractivity contribution in [3.05, 3.63) is 46.7 Å². The molecule has 1 N–H and O–H groups in total. The van der Waals surface area contributed by atoms with E-state index in [1.807, 2.05) is 35.1 Å². The quantitative estimate of drug-likeness (QED) is 0.810. The highest BCUT2D eigenvalue weighted by atomic mass is 79.9. The van der Waals surface area contributed by atoms with Crippen molar-refractivity contribution in [2.24, 2.45) is 0 Å². The van der Waals surface area contributed by atoms with Crippen molar-refractivity contribution in [2.75, 3.05) is 12.4 Å². The zero-order valence-electron chi connectivity index (χ0n) is 12.0. The van der Waals surface area contributed by atoms with Crippen LogP contribution in [0.3, 0.4) is 0 Å². The molecule has 21 heavy (non-hydrogen) atoms. The maximum atomic E-state index is 12.0. The fourth-order valence-corrected chi connectivity index (χ4v) is 2.42. The molecule has 1 unspecified atom stereocenters. The lowest BCUT2D eigenvalue weighted by atomic mass is 10.1. The summed E-state index contributed by atoms with van der Waals surface area (Å²) in [5, 5.41) is 7.45. The molecule has 0 aliphatic rings. The van der Waals surface area contributed by atoms with Gasteiger partial charge in [0, 0.05) is 28.5 Å². The van der Waals surface area contributed by atoms with Gasteiger partial charge in [-0.3, -0.25) is 4.68 Å². The highest BCUT2D eigenvalue weighted by Crippen LogP contribution is 2.23. The summed E-state index contributed by atoms with van der Waals surface area (Å²) in [5.74, 6) is -0.342. The summed E-state index contributed by atoms with van der Waals surface area (Å²) >= 11 is 3.41. The molecule has 112 valence electrons. The average Bonchev–Trinajstić information content (AvgIpc) is 2.93. The fourth-order valence-electron chi connectivity index (χ4n) is 2.02. The van der Waals surface area contributed by atoms with Gasteiger partial charge in [0.1, 0.15) is 0 Å². The molecule has 0 amide bonds. The zero-order valence-corrected chi connectivity index (χ0v) is 13.6. The van der Waals surface area contributed by atoms with Crippen LogP contribution in [-0.4, -0.2) is 22.9 Å². The van der Waals surface area contributed by atoms with E-state index in [2.05, 4.69) is 33.3 Å². The van der Waals surface area contributed by atoms with Crippen molar-refractivity contribution in [3.8, 4) is 0 Å². The molecule has 0 spiro atoms. The monoisotopic (exact) mass is 351 g/mol. The first-order valence-corrected chi connectivity index (χ1v) is 7.55. The van der Waals surface area contributed by atoms with E-state index in [1.54, 1.807) is 6.20 Å². The number of halogens is 1. The molecule has 1 atom stereocenters. The van der Waals surface area contributed by atoms with Gasteiger partial charge in [0.2, 0.25) is 0 Å². The molecule has 1 aromatic heterocycles. The Morgan fingerprint density at radius 3 is 3.00 bits per heavy atom. The normalized spacial score (nSPS) is 12.0. The molecule has 5 nitrogen and oxygen atoms in total. The van der Waals surface area contributed by atoms with Crippen LogP contribution in [0.4, 0.5) is 5.69 Å². The van der Waals surface area contributed by atoms with E-state index in [4.69, 9.17) is 4.74 Å². The van der Waals surface area contributed by atoms with E-state index in [-0.39, 0.29) is 5.97 Å². The van der Waals surface area contributed by atoms with Gasteiger partial charge in [-0.2, -0.15) is 5.10 Å². The molecule has 1 heterocycles. The SMILES string of the molecule is CCCn1cc(C(Nc2cccc(Br)c2)C(=O)OC)cn1. The molecular formula is C15H18BrN3O2. The smallest absolute Gasteiger partial charge is 0.333 e. The van der Waals surface area contributed by atoms with Crippen LogP contribution in [0.1, 0.15) is 24.9 Å². The summed E-state index contributed by atoms with van der Waals surface area (Å²) in [6.45, 7) is 2.91. The van der Waals surface area contributed by atoms with Crippen molar-refractivity contribution < 1.29 is 9.53 Å². The van der Waals surface area contributed by atoms with Gasteiger partial charge in [0.25, 0.3) is 0 Å². The Labute approximate surface area is 132 Å². The number of nitrogens with zero attached hydrogens (tertiary/aromatic N) is 2. The van der Waals surface area contributed by atoms with Gasteiger partial charge in [0.05, 0.1) is 13.3 Å². The zero-order chi connectivity index (χ0) is 15.2. The third kappa shape index (κ3) is 4.07. The van der Waals surface area contributed by atoms with Crippen molar-refractivity contribution in [1.29, 1.82) is 0 Å². The molecule has 0 fully saturated rings. The van der Waals surface area contributed by atoms with Crippen molar-refractivity contribution in [1.82, 2.24) is 9.78 Å². The Kier molecular flexibility index (Phi) is 5.38. The minimum absolute atomic E-state index is 0.342. The number of nitrogens with one attached hydrogen (secondary N) is 1. The molecule has 0 radical (unpaired) electrons. The molecule has 0 aliphatic carbocycles. The number of ether oxygens (including phenoxy) is 1. The van der Waals surface area contributed by atoms with Gasteiger partial charge in [-0.1, -0.05) is 28.9 Å². The van der Waals surface area contributed by atoms with E-state index in [9.17, 15) is 4.79 Å². The van der Waals surface area contributed by atoms with Gasteiger partial charge >= 0.3 is 5.97 Å². The Hall–Kier alpha value is -1.82. The van der Waals surface area contributed by atoms with Gasteiger partial charge in [-0.05, 0) is 24.6 Å². The standard InChI is InChI=1S/C15H18BrN3O2/c1-3-7-19-10-11(9-17-19)14(15(20)21-2)18-13-6-4-5-12(16)8-13/h4-6,8-10,14,18H,3,7H2,1-2H3. The van der Waals surface area contributed by atoms with E-state index in [1.165, 1.54) is 7.11 Å². The molecule has 2 aromatic rings. The van der Waals surface area contributed by atoms with Gasteiger partial charge in [-0.15, -0.1) is 0 Å². The number of hydrogen-bond donors (Lipinski definition) is 1. The lowest BCUT2D eigenvalue weighted by Gasteiger charge is -2.16. The minimum Gasteiger partial charge on any atom is -0.467 e. The summed E-state index contributed by atoms with van der Waals surface area (Å²) < 4.78 is 7.66. The van der Waals surface area contributed by atoms with E-state index in [0.717, 1.165) is 28.7 Å². The number of hydrogen-bond acceptors (Lipinski definition) is 4. The highest BCUT2D eigenvalue weighted by Gasteiger charge is 2.23. The summed E-state index contributed by atoms with van der Waals surface area (Å²) in [7, 11) is 1.38. The Balaban J connectivity index is 2.23. The number of aryl methyl sites for hydroxylation is 1. The molecule has 0 saturated carbocycles. The van der Waals surface area contributed by atoms with E-state index in [0.29, 0.717) is 0 Å². The van der Waals surface area contributed by atoms with Gasteiger partial charge in [0.15, 0.2) is 6.04 Å². The van der Waals surface area contributed by atoms with Crippen LogP contribution in [0.25, 0.3) is 0 Å². The summed E-state index contributed by atoms with van der Waals surface area (Å²) in [6.07, 6.45) is 4.56. The first-order chi connectivity index (χ1) is 10.1. The Bertz CT molecular complexity index is 612. The maximum absolute atomic E-state index is 12.0. The Morgan fingerprint density at radius 2 is 2.33 bits per heavy atom. The predicted molar refractivity (Wildman–Crippen MR) is 85.0 cm³/mol. The second kappa shape index (κ2) is 7.26. The average molecular weight is 352 g/mol. The van der Waals surface area contributed by atoms with Gasteiger partial charge in [-0.25, -0.2) is 4.79 Å². The molecule has 6 heteroatoms. The third-order valence-corrected chi connectivity index (χ3v) is 3.51. The largest absolute Gasteiger partial charge is 0.467 e. The molecule has 0 saturated heterocycles. The summed E-state index contributed by atoms with van der Waals surface area (Å²) in [5.41, 5.74) is 1.62. The van der Waals surface area contributed by atoms with Crippen LogP contribution in [-0.2, 0) is 16.1 Å². The van der Waals surface area contributed by atoms with Crippen molar-refractivity contribution in [2.45, 2.75) is 25.9 Å². The van der Waals surface area contributed by atoms with Crippen LogP contribution in [0, 0.1) is 0 Å². The number of rotatable bonds is 6. The number of carbonyl (C=O) groups excluding carboxylic acids is 1. The fraction of sp³-hybridized carbons (Fsp3) is 0.333. The molecule has 0 aliphatic heterocycles. The number of esters is 1. The lowest BCUT2D eigenvalue weighted by Crippen LogP contribution is -2.22. The second-order valence-corrected chi connectivity index (χ2v) is 5.56. The molecular weight excluding hydrogens is 334 g/mol. The predicted octanol–water partition coefficient (Wildman–Crippen LogP) is 3.38. The number of benzene rings is 1. The number of aromatic nitrogens is 2. The van der Waals surface area contributed by atoms with E-state index < -0.39 is 6.04 Å². The Morgan fingerprint density at radius 1 is 1.52 bits per heavy atom. The first-order valence-electron chi connectivity index (χ1n) is 6.76. The molecule has 2 rings (SSSR count). The summed E-state index contributed by atoms with van der Waals surface area (Å²) in [4.78, 5) is 12.0. The van der Waals surface area contributed by atoms with Crippen LogP contribution >= 0.6 is 15.9 Å². The maximum Gasteiger partial charge on any atom is 0.333 e. The van der Waals surface area contributed by atoms with Crippen LogP contribution in [0.15, 0.2) is 41.1 Å². The lowest BCUT2D eigenvalue weighted by molar-refractivity contribution is -0.141. The van der Waals surface area contributed by atoms with E-state index >= 15 is 0 Å². The number of anilines is 1. The highest BCUT2D eigenvalue weighted by molar-refractivity contribution is 9.10. The first kappa shape index (κ1) is 15.6. The van der Waals surface area contributed by atoms with Crippen molar-refractivity contribution in [3.63, 3.8) is 0 Å². The van der Waals surface area contributed by atoms with Crippen LogP contribution in [0.2, 0.25) is 0 Å². The summed E-state index contributed by atoms with van der Waals surface area (Å²) in [6, 6.07) is 7.07. The van der Waals surface area contributed by atoms with Crippen molar-refractivity contribution >= 4 is 27.6 Å². The van der Waals surface area contributed by atoms with Gasteiger partial charge < -0.3 is 10.1 Å². The topological polar surface area (TPSA) is 56.2 Å². The van der Waals surface area contributed by atoms with Crippen LogP contribution < -0.4 is 5.32 Å². The number of methoxy groups -OCH3 is 1. The third-order valence-electron chi connectivity index (χ3n) is 3.01. The molecule has 0 bridgehead atoms.